The van der Waals surface area contributed by atoms with Crippen LogP contribution in [-0.2, 0) is 4.79 Å². The van der Waals surface area contributed by atoms with E-state index in [1.54, 1.807) is 0 Å². The number of nitrogens with zero attached hydrogens (tertiary/aromatic N) is 1. The molecular weight excluding hydrogens is 296 g/mol. The molecule has 0 radical (unpaired) electrons. The third kappa shape index (κ3) is 2.72. The van der Waals surface area contributed by atoms with Gasteiger partial charge < -0.3 is 10.2 Å². The van der Waals surface area contributed by atoms with Crippen molar-refractivity contribution >= 4 is 11.6 Å². The van der Waals surface area contributed by atoms with Crippen LogP contribution in [0.4, 0.5) is 5.69 Å². The van der Waals surface area contributed by atoms with E-state index in [0.29, 0.717) is 11.9 Å². The Labute approximate surface area is 144 Å². The van der Waals surface area contributed by atoms with E-state index >= 15 is 0 Å². The summed E-state index contributed by atoms with van der Waals surface area (Å²) < 4.78 is 0. The number of fused-ring (bicyclic) bond motifs is 2. The molecule has 4 atom stereocenters. The van der Waals surface area contributed by atoms with E-state index in [9.17, 15) is 4.79 Å². The normalized spacial score (nSPS) is 34.8. The lowest BCUT2D eigenvalue weighted by atomic mass is 9.94. The summed E-state index contributed by atoms with van der Waals surface area (Å²) in [6, 6.07) is 9.49. The molecule has 24 heavy (non-hydrogen) atoms. The van der Waals surface area contributed by atoms with Crippen LogP contribution in [0.25, 0.3) is 0 Å². The lowest BCUT2D eigenvalue weighted by Crippen LogP contribution is -2.42. The van der Waals surface area contributed by atoms with E-state index in [2.05, 4.69) is 34.5 Å². The molecule has 3 saturated carbocycles. The SMILES string of the molecule is O=C(N[C@@H]1C[C@@H]2CC[C@H]1C2)[C@H]1CCN(c2cccc(C3CC3)c2)C1. The zero-order valence-electron chi connectivity index (χ0n) is 14.4. The van der Waals surface area contributed by atoms with Gasteiger partial charge in [0.2, 0.25) is 5.91 Å². The zero-order valence-corrected chi connectivity index (χ0v) is 14.4. The summed E-state index contributed by atoms with van der Waals surface area (Å²) in [6.07, 6.45) is 9.01. The maximum absolute atomic E-state index is 12.7. The average molecular weight is 324 g/mol. The second kappa shape index (κ2) is 5.79. The molecule has 1 heterocycles. The second-order valence-corrected chi connectivity index (χ2v) is 8.59. The van der Waals surface area contributed by atoms with Gasteiger partial charge in [-0.3, -0.25) is 4.79 Å². The van der Waals surface area contributed by atoms with E-state index in [-0.39, 0.29) is 5.92 Å². The van der Waals surface area contributed by atoms with Crippen molar-refractivity contribution in [2.24, 2.45) is 17.8 Å². The molecule has 3 heteroatoms. The predicted octanol–water partition coefficient (Wildman–Crippen LogP) is 3.70. The summed E-state index contributed by atoms with van der Waals surface area (Å²) in [5.41, 5.74) is 2.80. The Hall–Kier alpha value is -1.51. The predicted molar refractivity (Wildman–Crippen MR) is 96.1 cm³/mol. The number of hydrogen-bond acceptors (Lipinski definition) is 2. The Balaban J connectivity index is 1.20. The second-order valence-electron chi connectivity index (χ2n) is 8.59. The highest BCUT2D eigenvalue weighted by Crippen LogP contribution is 2.44. The highest BCUT2D eigenvalue weighted by atomic mass is 16.2. The first-order valence-electron chi connectivity index (χ1n) is 9.91. The van der Waals surface area contributed by atoms with Gasteiger partial charge in [-0.2, -0.15) is 0 Å². The molecule has 1 N–H and O–H groups in total. The molecular formula is C21H28N2O. The lowest BCUT2D eigenvalue weighted by molar-refractivity contribution is -0.125. The van der Waals surface area contributed by atoms with Crippen LogP contribution in [0.2, 0.25) is 0 Å². The number of carbonyl (C=O) groups is 1. The molecule has 3 nitrogen and oxygen atoms in total. The van der Waals surface area contributed by atoms with Crippen LogP contribution in [0, 0.1) is 17.8 Å². The van der Waals surface area contributed by atoms with Crippen molar-refractivity contribution < 1.29 is 4.79 Å². The Morgan fingerprint density at radius 2 is 2.00 bits per heavy atom. The first kappa shape index (κ1) is 14.8. The van der Waals surface area contributed by atoms with Crippen molar-refractivity contribution in [1.82, 2.24) is 5.32 Å². The standard InChI is InChI=1S/C21H28N2O/c24-21(22-20-11-14-4-5-17(20)10-14)18-8-9-23(13-18)19-3-1-2-16(12-19)15-6-7-15/h1-3,12,14-15,17-18,20H,4-11,13H2,(H,22,24)/t14-,17+,18+,20-/m1/s1. The first-order chi connectivity index (χ1) is 11.8. The van der Waals surface area contributed by atoms with Crippen molar-refractivity contribution in [3.05, 3.63) is 29.8 Å². The Bertz CT molecular complexity index is 638. The fraction of sp³-hybridized carbons (Fsp3) is 0.667. The van der Waals surface area contributed by atoms with Gasteiger partial charge in [-0.25, -0.2) is 0 Å². The number of anilines is 1. The van der Waals surface area contributed by atoms with Crippen molar-refractivity contribution in [3.8, 4) is 0 Å². The van der Waals surface area contributed by atoms with Gasteiger partial charge >= 0.3 is 0 Å². The van der Waals surface area contributed by atoms with E-state index in [4.69, 9.17) is 0 Å². The van der Waals surface area contributed by atoms with E-state index in [1.165, 1.54) is 49.8 Å². The Morgan fingerprint density at radius 3 is 2.75 bits per heavy atom. The van der Waals surface area contributed by atoms with Crippen LogP contribution in [0.5, 0.6) is 0 Å². The van der Waals surface area contributed by atoms with Crippen LogP contribution < -0.4 is 10.2 Å². The molecule has 0 unspecified atom stereocenters. The van der Waals surface area contributed by atoms with E-state index < -0.39 is 0 Å². The van der Waals surface area contributed by atoms with Crippen LogP contribution in [0.1, 0.15) is 56.4 Å². The first-order valence-corrected chi connectivity index (χ1v) is 9.91. The zero-order chi connectivity index (χ0) is 16.1. The fourth-order valence-electron chi connectivity index (χ4n) is 5.32. The van der Waals surface area contributed by atoms with Crippen molar-refractivity contribution in [3.63, 3.8) is 0 Å². The van der Waals surface area contributed by atoms with E-state index in [1.807, 2.05) is 0 Å². The Morgan fingerprint density at radius 1 is 1.08 bits per heavy atom. The fourth-order valence-corrected chi connectivity index (χ4v) is 5.32. The van der Waals surface area contributed by atoms with Crippen molar-refractivity contribution in [1.29, 1.82) is 0 Å². The number of amides is 1. The van der Waals surface area contributed by atoms with Crippen LogP contribution in [0.15, 0.2) is 24.3 Å². The van der Waals surface area contributed by atoms with Crippen LogP contribution in [-0.4, -0.2) is 25.0 Å². The molecule has 1 saturated heterocycles. The lowest BCUT2D eigenvalue weighted by Gasteiger charge is -2.25. The molecule has 0 aromatic heterocycles. The Kier molecular flexibility index (Phi) is 3.57. The highest BCUT2D eigenvalue weighted by Gasteiger charge is 2.41. The molecule has 2 bridgehead atoms. The third-order valence-corrected chi connectivity index (χ3v) is 6.91. The molecule has 5 rings (SSSR count). The highest BCUT2D eigenvalue weighted by molar-refractivity contribution is 5.80. The molecule has 1 aromatic rings. The van der Waals surface area contributed by atoms with Gasteiger partial charge in [-0.05, 0) is 74.0 Å². The molecule has 0 spiro atoms. The smallest absolute Gasteiger partial charge is 0.225 e. The minimum Gasteiger partial charge on any atom is -0.371 e. The molecule has 1 amide bonds. The van der Waals surface area contributed by atoms with Crippen molar-refractivity contribution in [2.45, 2.75) is 56.9 Å². The summed E-state index contributed by atoms with van der Waals surface area (Å²) in [7, 11) is 0. The number of hydrogen-bond donors (Lipinski definition) is 1. The molecule has 128 valence electrons. The summed E-state index contributed by atoms with van der Waals surface area (Å²) >= 11 is 0. The number of rotatable bonds is 4. The summed E-state index contributed by atoms with van der Waals surface area (Å²) in [5, 5.41) is 3.40. The summed E-state index contributed by atoms with van der Waals surface area (Å²) in [4.78, 5) is 15.1. The van der Waals surface area contributed by atoms with Gasteiger partial charge in [0.25, 0.3) is 0 Å². The average Bonchev–Trinajstić information content (AvgIpc) is 3.02. The monoisotopic (exact) mass is 324 g/mol. The van der Waals surface area contributed by atoms with Gasteiger partial charge in [0.05, 0.1) is 5.92 Å². The maximum Gasteiger partial charge on any atom is 0.225 e. The van der Waals surface area contributed by atoms with Gasteiger partial charge in [0.15, 0.2) is 0 Å². The largest absolute Gasteiger partial charge is 0.371 e. The minimum atomic E-state index is 0.175. The molecule has 1 aliphatic heterocycles. The molecule has 3 aliphatic carbocycles. The van der Waals surface area contributed by atoms with Gasteiger partial charge in [0, 0.05) is 24.8 Å². The topological polar surface area (TPSA) is 32.3 Å². The number of nitrogens with one attached hydrogen (secondary N) is 1. The van der Waals surface area contributed by atoms with Crippen LogP contribution in [0.3, 0.4) is 0 Å². The molecule has 4 fully saturated rings. The van der Waals surface area contributed by atoms with Gasteiger partial charge in [-0.15, -0.1) is 0 Å². The van der Waals surface area contributed by atoms with Gasteiger partial charge in [0.1, 0.15) is 0 Å². The van der Waals surface area contributed by atoms with Gasteiger partial charge in [-0.1, -0.05) is 18.6 Å². The number of carbonyl (C=O) groups excluding carboxylic acids is 1. The molecule has 4 aliphatic rings. The third-order valence-electron chi connectivity index (χ3n) is 6.91. The minimum absolute atomic E-state index is 0.175. The maximum atomic E-state index is 12.7. The molecule has 1 aromatic carbocycles. The van der Waals surface area contributed by atoms with Crippen LogP contribution >= 0.6 is 0 Å². The van der Waals surface area contributed by atoms with Crippen molar-refractivity contribution in [2.75, 3.05) is 18.0 Å². The summed E-state index contributed by atoms with van der Waals surface area (Å²) in [6.45, 7) is 1.91. The summed E-state index contributed by atoms with van der Waals surface area (Å²) in [5.74, 6) is 2.95. The quantitative estimate of drug-likeness (QED) is 0.916. The van der Waals surface area contributed by atoms with E-state index in [0.717, 1.165) is 37.3 Å². The number of benzene rings is 1.